The number of carbonyl (C=O) groups is 2. The van der Waals surface area contributed by atoms with Gasteiger partial charge in [-0.3, -0.25) is 9.59 Å². The molecule has 0 aromatic carbocycles. The lowest BCUT2D eigenvalue weighted by Crippen LogP contribution is -2.42. The van der Waals surface area contributed by atoms with E-state index in [1.54, 1.807) is 6.92 Å². The fourth-order valence-corrected chi connectivity index (χ4v) is 2.82. The zero-order valence-corrected chi connectivity index (χ0v) is 13.0. The third-order valence-corrected chi connectivity index (χ3v) is 4.18. The van der Waals surface area contributed by atoms with E-state index in [4.69, 9.17) is 14.3 Å². The van der Waals surface area contributed by atoms with Crippen LogP contribution in [0.4, 0.5) is 0 Å². The number of piperidine rings is 1. The number of primary sulfonamides is 1. The van der Waals surface area contributed by atoms with Gasteiger partial charge in [0.1, 0.15) is 0 Å². The van der Waals surface area contributed by atoms with Crippen molar-refractivity contribution in [3.63, 3.8) is 0 Å². The number of ether oxygens (including phenoxy) is 1. The summed E-state index contributed by atoms with van der Waals surface area (Å²) in [4.78, 5) is 25.5. The molecular formula is C13H18N2O6S. The third-order valence-electron chi connectivity index (χ3n) is 3.40. The van der Waals surface area contributed by atoms with Crippen LogP contribution in [0.2, 0.25) is 0 Å². The van der Waals surface area contributed by atoms with Crippen LogP contribution in [0.25, 0.3) is 0 Å². The minimum absolute atomic E-state index is 0.117. The molecule has 1 aromatic rings. The summed E-state index contributed by atoms with van der Waals surface area (Å²) in [5.74, 6) is -1.28. The minimum atomic E-state index is -3.99. The van der Waals surface area contributed by atoms with E-state index in [2.05, 4.69) is 0 Å². The SMILES string of the molecule is CCOC(=O)C1CCCN(C(=O)c2ccc(S(N)(=O)=O)o2)C1. The summed E-state index contributed by atoms with van der Waals surface area (Å²) in [6, 6.07) is 2.39. The Kier molecular flexibility index (Phi) is 4.87. The van der Waals surface area contributed by atoms with Crippen LogP contribution in [0.3, 0.4) is 0 Å². The predicted octanol–water partition coefficient (Wildman–Crippen LogP) is 0.342. The molecule has 22 heavy (non-hydrogen) atoms. The average molecular weight is 330 g/mol. The normalized spacial score (nSPS) is 19.0. The van der Waals surface area contributed by atoms with Crippen LogP contribution >= 0.6 is 0 Å². The van der Waals surface area contributed by atoms with Crippen LogP contribution in [-0.2, 0) is 19.6 Å². The van der Waals surface area contributed by atoms with Gasteiger partial charge in [0.15, 0.2) is 5.76 Å². The first-order valence-corrected chi connectivity index (χ1v) is 8.46. The highest BCUT2D eigenvalue weighted by atomic mass is 32.2. The van der Waals surface area contributed by atoms with E-state index in [1.807, 2.05) is 0 Å². The van der Waals surface area contributed by atoms with Gasteiger partial charge in [-0.05, 0) is 31.9 Å². The van der Waals surface area contributed by atoms with Gasteiger partial charge in [-0.25, -0.2) is 13.6 Å². The molecule has 9 heteroatoms. The number of sulfonamides is 1. The average Bonchev–Trinajstić information content (AvgIpc) is 2.97. The first-order chi connectivity index (χ1) is 10.3. The molecule has 1 aromatic heterocycles. The fourth-order valence-electron chi connectivity index (χ4n) is 2.36. The maximum atomic E-state index is 12.3. The maximum Gasteiger partial charge on any atom is 0.310 e. The fraction of sp³-hybridized carbons (Fsp3) is 0.538. The van der Waals surface area contributed by atoms with Crippen LogP contribution in [-0.4, -0.2) is 44.9 Å². The molecule has 0 bridgehead atoms. The van der Waals surface area contributed by atoms with Crippen molar-refractivity contribution in [2.45, 2.75) is 24.9 Å². The molecule has 2 rings (SSSR count). The number of amides is 1. The Morgan fingerprint density at radius 3 is 2.77 bits per heavy atom. The highest BCUT2D eigenvalue weighted by Crippen LogP contribution is 2.21. The van der Waals surface area contributed by atoms with Crippen molar-refractivity contribution in [2.24, 2.45) is 11.1 Å². The molecule has 1 aliphatic heterocycles. The Bertz CT molecular complexity index is 666. The number of hydrogen-bond acceptors (Lipinski definition) is 6. The second-order valence-electron chi connectivity index (χ2n) is 5.01. The Morgan fingerprint density at radius 1 is 1.45 bits per heavy atom. The lowest BCUT2D eigenvalue weighted by atomic mass is 9.98. The van der Waals surface area contributed by atoms with Crippen molar-refractivity contribution >= 4 is 21.9 Å². The Labute approximate surface area is 128 Å². The van der Waals surface area contributed by atoms with Crippen molar-refractivity contribution in [3.05, 3.63) is 17.9 Å². The topological polar surface area (TPSA) is 120 Å². The van der Waals surface area contributed by atoms with E-state index in [9.17, 15) is 18.0 Å². The smallest absolute Gasteiger partial charge is 0.310 e. The summed E-state index contributed by atoms with van der Waals surface area (Å²) >= 11 is 0. The van der Waals surface area contributed by atoms with Gasteiger partial charge in [-0.15, -0.1) is 0 Å². The number of hydrogen-bond donors (Lipinski definition) is 1. The third kappa shape index (κ3) is 3.66. The second-order valence-corrected chi connectivity index (χ2v) is 6.50. The summed E-state index contributed by atoms with van der Waals surface area (Å²) in [5, 5.41) is 4.47. The molecule has 0 radical (unpaired) electrons. The van der Waals surface area contributed by atoms with Crippen LogP contribution in [0.15, 0.2) is 21.6 Å². The summed E-state index contributed by atoms with van der Waals surface area (Å²) < 4.78 is 32.3. The van der Waals surface area contributed by atoms with Gasteiger partial charge in [0, 0.05) is 13.1 Å². The number of likely N-dealkylation sites (tertiary alicyclic amines) is 1. The number of rotatable bonds is 4. The standard InChI is InChI=1S/C13H18N2O6S/c1-2-20-13(17)9-4-3-7-15(8-9)12(16)10-5-6-11(21-10)22(14,18)19/h5-6,9H,2-4,7-8H2,1H3,(H2,14,18,19). The van der Waals surface area contributed by atoms with Gasteiger partial charge < -0.3 is 14.1 Å². The van der Waals surface area contributed by atoms with Crippen molar-refractivity contribution in [1.29, 1.82) is 0 Å². The molecule has 0 aliphatic carbocycles. The van der Waals surface area contributed by atoms with Gasteiger partial charge in [0.25, 0.3) is 15.9 Å². The van der Waals surface area contributed by atoms with E-state index in [-0.39, 0.29) is 24.2 Å². The van der Waals surface area contributed by atoms with Crippen LogP contribution in [0.1, 0.15) is 30.3 Å². The van der Waals surface area contributed by atoms with Crippen LogP contribution in [0, 0.1) is 5.92 Å². The van der Waals surface area contributed by atoms with E-state index < -0.39 is 21.0 Å². The monoisotopic (exact) mass is 330 g/mol. The minimum Gasteiger partial charge on any atom is -0.466 e. The van der Waals surface area contributed by atoms with Crippen molar-refractivity contribution in [3.8, 4) is 0 Å². The molecule has 0 saturated carbocycles. The summed E-state index contributed by atoms with van der Waals surface area (Å²) in [7, 11) is -3.99. The first kappa shape index (κ1) is 16.5. The molecule has 8 nitrogen and oxygen atoms in total. The molecule has 0 spiro atoms. The number of furan rings is 1. The first-order valence-electron chi connectivity index (χ1n) is 6.91. The molecule has 2 heterocycles. The molecule has 2 N–H and O–H groups in total. The molecule has 1 fully saturated rings. The van der Waals surface area contributed by atoms with Gasteiger partial charge in [-0.2, -0.15) is 0 Å². The maximum absolute atomic E-state index is 12.3. The quantitative estimate of drug-likeness (QED) is 0.795. The number of nitrogens with zero attached hydrogens (tertiary/aromatic N) is 1. The highest BCUT2D eigenvalue weighted by molar-refractivity contribution is 7.89. The predicted molar refractivity (Wildman–Crippen MR) is 75.3 cm³/mol. The van der Waals surface area contributed by atoms with Crippen molar-refractivity contribution in [1.82, 2.24) is 4.90 Å². The van der Waals surface area contributed by atoms with Crippen LogP contribution < -0.4 is 5.14 Å². The zero-order chi connectivity index (χ0) is 16.3. The molecule has 1 saturated heterocycles. The van der Waals surface area contributed by atoms with E-state index in [0.717, 1.165) is 6.07 Å². The summed E-state index contributed by atoms with van der Waals surface area (Å²) in [6.45, 7) is 2.71. The Hall–Kier alpha value is -1.87. The molecule has 1 aliphatic rings. The lowest BCUT2D eigenvalue weighted by molar-refractivity contribution is -0.149. The second kappa shape index (κ2) is 6.49. The molecule has 1 atom stereocenters. The van der Waals surface area contributed by atoms with Crippen molar-refractivity contribution < 1.29 is 27.2 Å². The van der Waals surface area contributed by atoms with E-state index >= 15 is 0 Å². The molecule has 1 unspecified atom stereocenters. The summed E-state index contributed by atoms with van der Waals surface area (Å²) in [5.41, 5.74) is 0. The molecular weight excluding hydrogens is 312 g/mol. The largest absolute Gasteiger partial charge is 0.466 e. The molecule has 1 amide bonds. The number of esters is 1. The zero-order valence-electron chi connectivity index (χ0n) is 12.1. The van der Waals surface area contributed by atoms with Gasteiger partial charge in [0.2, 0.25) is 5.09 Å². The molecule has 122 valence electrons. The Balaban J connectivity index is 2.09. The summed E-state index contributed by atoms with van der Waals surface area (Å²) in [6.07, 6.45) is 1.32. The van der Waals surface area contributed by atoms with Crippen LogP contribution in [0.5, 0.6) is 0 Å². The lowest BCUT2D eigenvalue weighted by Gasteiger charge is -2.30. The van der Waals surface area contributed by atoms with Gasteiger partial charge in [0.05, 0.1) is 12.5 Å². The highest BCUT2D eigenvalue weighted by Gasteiger charge is 2.31. The Morgan fingerprint density at radius 2 is 2.18 bits per heavy atom. The number of carbonyl (C=O) groups excluding carboxylic acids is 2. The van der Waals surface area contributed by atoms with E-state index in [1.165, 1.54) is 11.0 Å². The number of nitrogens with two attached hydrogens (primary N) is 1. The van der Waals surface area contributed by atoms with Gasteiger partial charge in [-0.1, -0.05) is 0 Å². The van der Waals surface area contributed by atoms with E-state index in [0.29, 0.717) is 26.0 Å². The van der Waals surface area contributed by atoms with Crippen molar-refractivity contribution in [2.75, 3.05) is 19.7 Å². The van der Waals surface area contributed by atoms with Gasteiger partial charge >= 0.3 is 5.97 Å².